The second kappa shape index (κ2) is 9.33. The Hall–Kier alpha value is -1.92. The van der Waals surface area contributed by atoms with E-state index >= 15 is 0 Å². The molecule has 27 heavy (non-hydrogen) atoms. The number of rotatable bonds is 7. The summed E-state index contributed by atoms with van der Waals surface area (Å²) in [5.41, 5.74) is 1.77. The summed E-state index contributed by atoms with van der Waals surface area (Å²) in [5, 5.41) is 0.780. The molecule has 0 amide bonds. The Morgan fingerprint density at radius 2 is 1.96 bits per heavy atom. The first-order valence-electron chi connectivity index (χ1n) is 9.43. The van der Waals surface area contributed by atoms with Crippen LogP contribution in [-0.4, -0.2) is 46.8 Å². The van der Waals surface area contributed by atoms with E-state index in [1.54, 1.807) is 0 Å². The van der Waals surface area contributed by atoms with E-state index < -0.39 is 5.41 Å². The summed E-state index contributed by atoms with van der Waals surface area (Å²) in [6.45, 7) is 4.72. The largest absolute Gasteiger partial charge is 0.466 e. The Kier molecular flexibility index (Phi) is 6.85. The van der Waals surface area contributed by atoms with Crippen LogP contribution in [0.5, 0.6) is 0 Å². The van der Waals surface area contributed by atoms with Crippen LogP contribution in [0.3, 0.4) is 0 Å². The van der Waals surface area contributed by atoms with E-state index in [1.807, 2.05) is 43.8 Å². The van der Waals surface area contributed by atoms with Crippen molar-refractivity contribution in [2.24, 2.45) is 5.41 Å². The molecule has 0 N–H and O–H groups in total. The van der Waals surface area contributed by atoms with Crippen molar-refractivity contribution in [2.75, 3.05) is 26.0 Å². The Balaban J connectivity index is 1.77. The van der Waals surface area contributed by atoms with Gasteiger partial charge in [0.25, 0.3) is 0 Å². The molecule has 2 heterocycles. The van der Waals surface area contributed by atoms with Crippen molar-refractivity contribution in [1.29, 1.82) is 0 Å². The Morgan fingerprint density at radius 3 is 2.63 bits per heavy atom. The Morgan fingerprint density at radius 1 is 1.22 bits per heavy atom. The first-order valence-corrected chi connectivity index (χ1v) is 10.7. The normalized spacial score (nSPS) is 20.4. The SMILES string of the molecule is CCOC(=O)[C@@]1(Cc2ccccc2)CCCN(Cc2cnc(SC)nc2)C1. The van der Waals surface area contributed by atoms with Crippen LogP contribution in [0.1, 0.15) is 30.9 Å². The van der Waals surface area contributed by atoms with Crippen molar-refractivity contribution in [2.45, 2.75) is 37.9 Å². The maximum absolute atomic E-state index is 12.9. The third-order valence-electron chi connectivity index (χ3n) is 5.02. The third-order valence-corrected chi connectivity index (χ3v) is 5.60. The van der Waals surface area contributed by atoms with Crippen LogP contribution in [0.4, 0.5) is 0 Å². The maximum atomic E-state index is 12.9. The molecule has 1 atom stereocenters. The zero-order valence-corrected chi connectivity index (χ0v) is 16.9. The number of carbonyl (C=O) groups excluding carboxylic acids is 1. The molecule has 0 spiro atoms. The highest BCUT2D eigenvalue weighted by molar-refractivity contribution is 7.98. The summed E-state index contributed by atoms with van der Waals surface area (Å²) in [5.74, 6) is -0.0764. The lowest BCUT2D eigenvalue weighted by Crippen LogP contribution is -2.49. The molecule has 2 aromatic rings. The summed E-state index contributed by atoms with van der Waals surface area (Å²) < 4.78 is 5.49. The topological polar surface area (TPSA) is 55.3 Å². The highest BCUT2D eigenvalue weighted by Crippen LogP contribution is 2.36. The molecule has 1 saturated heterocycles. The standard InChI is InChI=1S/C21H27N3O2S/c1-3-26-19(25)21(12-17-8-5-4-6-9-17)10-7-11-24(16-21)15-18-13-22-20(27-2)23-14-18/h4-6,8-9,13-14H,3,7,10-12,15-16H2,1-2H3/t21-/m1/s1. The second-order valence-corrected chi connectivity index (χ2v) is 7.83. The minimum Gasteiger partial charge on any atom is -0.466 e. The lowest BCUT2D eigenvalue weighted by atomic mass is 9.75. The molecule has 6 heteroatoms. The van der Waals surface area contributed by atoms with Crippen molar-refractivity contribution >= 4 is 17.7 Å². The average molecular weight is 386 g/mol. The van der Waals surface area contributed by atoms with Crippen LogP contribution < -0.4 is 0 Å². The number of esters is 1. The summed E-state index contributed by atoms with van der Waals surface area (Å²) in [6, 6.07) is 10.2. The number of hydrogen-bond donors (Lipinski definition) is 0. The van der Waals surface area contributed by atoms with Crippen molar-refractivity contribution in [1.82, 2.24) is 14.9 Å². The van der Waals surface area contributed by atoms with Gasteiger partial charge in [0.2, 0.25) is 0 Å². The monoisotopic (exact) mass is 385 g/mol. The minimum absolute atomic E-state index is 0.0764. The lowest BCUT2D eigenvalue weighted by molar-refractivity contribution is -0.159. The molecule has 1 aliphatic rings. The number of benzene rings is 1. The Labute approximate surface area is 165 Å². The number of hydrogen-bond acceptors (Lipinski definition) is 6. The fourth-order valence-corrected chi connectivity index (χ4v) is 4.12. The van der Waals surface area contributed by atoms with Crippen LogP contribution >= 0.6 is 11.8 Å². The van der Waals surface area contributed by atoms with Crippen molar-refractivity contribution in [3.63, 3.8) is 0 Å². The predicted molar refractivity (Wildman–Crippen MR) is 108 cm³/mol. The van der Waals surface area contributed by atoms with Gasteiger partial charge < -0.3 is 4.74 Å². The van der Waals surface area contributed by atoms with E-state index in [0.29, 0.717) is 19.6 Å². The molecular formula is C21H27N3O2S. The van der Waals surface area contributed by atoms with Gasteiger partial charge in [-0.15, -0.1) is 0 Å². The van der Waals surface area contributed by atoms with Gasteiger partial charge in [0.1, 0.15) is 0 Å². The van der Waals surface area contributed by atoms with E-state index in [4.69, 9.17) is 4.74 Å². The van der Waals surface area contributed by atoms with Gasteiger partial charge in [0.15, 0.2) is 5.16 Å². The molecule has 0 saturated carbocycles. The van der Waals surface area contributed by atoms with Gasteiger partial charge >= 0.3 is 5.97 Å². The number of nitrogens with zero attached hydrogens (tertiary/aromatic N) is 3. The summed E-state index contributed by atoms with van der Waals surface area (Å²) in [6.07, 6.45) is 8.30. The van der Waals surface area contributed by atoms with E-state index in [-0.39, 0.29) is 5.97 Å². The number of likely N-dealkylation sites (tertiary alicyclic amines) is 1. The molecule has 1 aromatic heterocycles. The highest BCUT2D eigenvalue weighted by atomic mass is 32.2. The lowest BCUT2D eigenvalue weighted by Gasteiger charge is -2.41. The molecule has 0 bridgehead atoms. The maximum Gasteiger partial charge on any atom is 0.313 e. The molecule has 1 fully saturated rings. The van der Waals surface area contributed by atoms with Gasteiger partial charge in [-0.1, -0.05) is 42.1 Å². The first-order chi connectivity index (χ1) is 13.1. The van der Waals surface area contributed by atoms with Crippen molar-refractivity contribution < 1.29 is 9.53 Å². The summed E-state index contributed by atoms with van der Waals surface area (Å²) >= 11 is 1.54. The van der Waals surface area contributed by atoms with E-state index in [2.05, 4.69) is 27.0 Å². The van der Waals surface area contributed by atoms with E-state index in [0.717, 1.165) is 36.7 Å². The Bertz CT molecular complexity index is 739. The molecule has 3 rings (SSSR count). The van der Waals surface area contributed by atoms with Gasteiger partial charge in [-0.3, -0.25) is 9.69 Å². The van der Waals surface area contributed by atoms with Crippen LogP contribution in [0.2, 0.25) is 0 Å². The van der Waals surface area contributed by atoms with Crippen LogP contribution in [0, 0.1) is 5.41 Å². The minimum atomic E-state index is -0.490. The van der Waals surface area contributed by atoms with Crippen molar-refractivity contribution in [3.8, 4) is 0 Å². The fourth-order valence-electron chi connectivity index (χ4n) is 3.80. The zero-order valence-electron chi connectivity index (χ0n) is 16.1. The van der Waals surface area contributed by atoms with Gasteiger partial charge in [-0.25, -0.2) is 9.97 Å². The molecule has 0 radical (unpaired) electrons. The fraction of sp³-hybridized carbons (Fsp3) is 0.476. The van der Waals surface area contributed by atoms with Gasteiger partial charge in [-0.2, -0.15) is 0 Å². The third kappa shape index (κ3) is 5.08. The molecule has 1 aromatic carbocycles. The van der Waals surface area contributed by atoms with Gasteiger partial charge in [0, 0.05) is 31.0 Å². The van der Waals surface area contributed by atoms with E-state index in [1.165, 1.54) is 17.3 Å². The molecule has 0 unspecified atom stereocenters. The number of aromatic nitrogens is 2. The number of piperidine rings is 1. The van der Waals surface area contributed by atoms with Gasteiger partial charge in [-0.05, 0) is 44.6 Å². The number of ether oxygens (including phenoxy) is 1. The highest BCUT2D eigenvalue weighted by Gasteiger charge is 2.43. The van der Waals surface area contributed by atoms with Crippen LogP contribution in [0.25, 0.3) is 0 Å². The number of carbonyl (C=O) groups is 1. The number of thioether (sulfide) groups is 1. The summed E-state index contributed by atoms with van der Waals surface area (Å²) in [7, 11) is 0. The van der Waals surface area contributed by atoms with Crippen LogP contribution in [-0.2, 0) is 22.5 Å². The van der Waals surface area contributed by atoms with Crippen molar-refractivity contribution in [3.05, 3.63) is 53.9 Å². The molecule has 0 aliphatic carbocycles. The smallest absolute Gasteiger partial charge is 0.313 e. The molecule has 144 valence electrons. The average Bonchev–Trinajstić information content (AvgIpc) is 2.70. The quantitative estimate of drug-likeness (QED) is 0.412. The predicted octanol–water partition coefficient (Wildman–Crippen LogP) is 3.59. The first kappa shape index (κ1) is 19.8. The second-order valence-electron chi connectivity index (χ2n) is 7.06. The van der Waals surface area contributed by atoms with E-state index in [9.17, 15) is 4.79 Å². The zero-order chi connectivity index (χ0) is 19.1. The van der Waals surface area contributed by atoms with Gasteiger partial charge in [0.05, 0.1) is 12.0 Å². The summed E-state index contributed by atoms with van der Waals surface area (Å²) in [4.78, 5) is 24.0. The van der Waals surface area contributed by atoms with Crippen LogP contribution in [0.15, 0.2) is 47.9 Å². The molecule has 5 nitrogen and oxygen atoms in total. The molecular weight excluding hydrogens is 358 g/mol. The molecule has 1 aliphatic heterocycles.